The van der Waals surface area contributed by atoms with Crippen molar-refractivity contribution in [3.05, 3.63) is 137 Å². The maximum absolute atomic E-state index is 5.36. The molecule has 0 bridgehead atoms. The van der Waals surface area contributed by atoms with E-state index in [0.29, 0.717) is 0 Å². The zero-order chi connectivity index (χ0) is 19.2. The molecule has 0 atom stereocenters. The molecule has 0 heterocycles. The average Bonchev–Trinajstić information content (AvgIpc) is 2.72. The predicted octanol–water partition coefficient (Wildman–Crippen LogP) is 7.63. The van der Waals surface area contributed by atoms with E-state index in [1.165, 1.54) is 11.1 Å². The smallest absolute Gasteiger partial charge is 0.0313 e. The van der Waals surface area contributed by atoms with Crippen molar-refractivity contribution in [3.63, 3.8) is 0 Å². The monoisotopic (exact) mass is 433 g/mol. The van der Waals surface area contributed by atoms with E-state index >= 15 is 0 Å². The highest BCUT2D eigenvalue weighted by Crippen LogP contribution is 2.08. The Morgan fingerprint density at radius 1 is 0.500 bits per heavy atom. The molecule has 0 fully saturated rings. The van der Waals surface area contributed by atoms with Gasteiger partial charge in [-0.2, -0.15) is 0 Å². The van der Waals surface area contributed by atoms with E-state index in [4.69, 9.17) is 5.73 Å². The maximum atomic E-state index is 5.36. The van der Waals surface area contributed by atoms with E-state index in [1.54, 1.807) is 0 Å². The van der Waals surface area contributed by atoms with Crippen LogP contribution in [0, 0.1) is 0 Å². The van der Waals surface area contributed by atoms with E-state index in [1.807, 2.05) is 60.7 Å². The van der Waals surface area contributed by atoms with Crippen molar-refractivity contribution >= 4 is 21.6 Å². The third-order valence-corrected chi connectivity index (χ3v) is 4.16. The van der Waals surface area contributed by atoms with Gasteiger partial charge in [-0.05, 0) is 41.8 Å². The molecule has 0 unspecified atom stereocenters. The Balaban J connectivity index is 0.000000224. The summed E-state index contributed by atoms with van der Waals surface area (Å²) >= 11 is 3.31. The van der Waals surface area contributed by atoms with Gasteiger partial charge in [0, 0.05) is 10.2 Å². The molecule has 2 heteroatoms. The average molecular weight is 434 g/mol. The van der Waals surface area contributed by atoms with E-state index in [0.717, 1.165) is 16.6 Å². The first-order chi connectivity index (χ1) is 13.2. The molecule has 0 radical (unpaired) electrons. The number of nitrogen functional groups attached to an aromatic ring is 1. The van der Waals surface area contributed by atoms with E-state index < -0.39 is 0 Å². The summed E-state index contributed by atoms with van der Waals surface area (Å²) in [6, 6.07) is 40.5. The zero-order valence-electron chi connectivity index (χ0n) is 15.2. The summed E-state index contributed by atoms with van der Waals surface area (Å²) in [5, 5.41) is 0. The molecule has 2 N–H and O–H groups in total. The third-order valence-electron chi connectivity index (χ3n) is 3.63. The summed E-state index contributed by atoms with van der Waals surface area (Å²) < 4.78 is 1.13. The predicted molar refractivity (Wildman–Crippen MR) is 127 cm³/mol. The molecule has 0 aliphatic heterocycles. The van der Waals surface area contributed by atoms with Crippen molar-refractivity contribution in [1.29, 1.82) is 0 Å². The lowest BCUT2D eigenvalue weighted by atomic mass is 10.1. The Kier molecular flexibility index (Phi) is 11.8. The normalized spacial score (nSPS) is 8.89. The van der Waals surface area contributed by atoms with E-state index in [9.17, 15) is 0 Å². The lowest BCUT2D eigenvalue weighted by molar-refractivity contribution is 1.19. The van der Waals surface area contributed by atoms with Gasteiger partial charge in [-0.1, -0.05) is 120 Å². The van der Waals surface area contributed by atoms with Gasteiger partial charge in [-0.25, -0.2) is 0 Å². The van der Waals surface area contributed by atoms with Gasteiger partial charge in [-0.3, -0.25) is 0 Å². The minimum atomic E-state index is 0. The number of hydrogen-bond donors (Lipinski definition) is 1. The van der Waals surface area contributed by atoms with Crippen LogP contribution in [0.4, 0.5) is 5.69 Å². The zero-order valence-corrected chi connectivity index (χ0v) is 16.8. The Bertz CT molecular complexity index is 773. The van der Waals surface area contributed by atoms with Gasteiger partial charge in [0.25, 0.3) is 0 Å². The van der Waals surface area contributed by atoms with Crippen LogP contribution in [0.3, 0.4) is 0 Å². The Morgan fingerprint density at radius 3 is 1.07 bits per heavy atom. The van der Waals surface area contributed by atoms with Gasteiger partial charge < -0.3 is 5.73 Å². The fourth-order valence-corrected chi connectivity index (χ4v) is 2.60. The van der Waals surface area contributed by atoms with Crippen LogP contribution >= 0.6 is 15.9 Å². The van der Waals surface area contributed by atoms with Gasteiger partial charge in [0.1, 0.15) is 0 Å². The summed E-state index contributed by atoms with van der Waals surface area (Å²) in [6.07, 6.45) is 1.03. The van der Waals surface area contributed by atoms with Crippen LogP contribution < -0.4 is 5.73 Å². The van der Waals surface area contributed by atoms with Crippen molar-refractivity contribution in [3.8, 4) is 0 Å². The van der Waals surface area contributed by atoms with Crippen molar-refractivity contribution in [1.82, 2.24) is 0 Å². The van der Waals surface area contributed by atoms with Crippen molar-refractivity contribution in [2.24, 2.45) is 0 Å². The molecule has 0 aromatic heterocycles. The number of para-hydroxylation sites is 1. The van der Waals surface area contributed by atoms with Crippen LogP contribution in [-0.4, -0.2) is 0 Å². The number of rotatable bonds is 2. The number of benzene rings is 4. The molecular formula is C26H28BrN. The second-order valence-electron chi connectivity index (χ2n) is 5.85. The molecule has 0 spiro atoms. The molecule has 4 rings (SSSR count). The van der Waals surface area contributed by atoms with Crippen LogP contribution in [-0.2, 0) is 6.42 Å². The Hall–Kier alpha value is -2.84. The SMILES string of the molecule is Brc1ccccc1.C.Nc1ccccc1.c1ccc(Cc2ccccc2)cc1. The van der Waals surface area contributed by atoms with E-state index in [-0.39, 0.29) is 7.43 Å². The summed E-state index contributed by atoms with van der Waals surface area (Å²) in [7, 11) is 0. The van der Waals surface area contributed by atoms with Crippen molar-refractivity contribution < 1.29 is 0 Å². The fraction of sp³-hybridized carbons (Fsp3) is 0.0769. The largest absolute Gasteiger partial charge is 0.399 e. The molecule has 0 amide bonds. The summed E-state index contributed by atoms with van der Waals surface area (Å²) in [5.41, 5.74) is 8.92. The highest BCUT2D eigenvalue weighted by molar-refractivity contribution is 9.10. The molecule has 1 nitrogen and oxygen atoms in total. The van der Waals surface area contributed by atoms with Gasteiger partial charge >= 0.3 is 0 Å². The molecule has 28 heavy (non-hydrogen) atoms. The second-order valence-corrected chi connectivity index (χ2v) is 6.77. The molecule has 4 aromatic rings. The first-order valence-corrected chi connectivity index (χ1v) is 9.62. The number of nitrogens with two attached hydrogens (primary N) is 1. The molecule has 0 aliphatic carbocycles. The summed E-state index contributed by atoms with van der Waals surface area (Å²) in [6.45, 7) is 0. The summed E-state index contributed by atoms with van der Waals surface area (Å²) in [4.78, 5) is 0. The fourth-order valence-electron chi connectivity index (χ4n) is 2.30. The lowest BCUT2D eigenvalue weighted by Gasteiger charge is -2.00. The molecule has 0 saturated heterocycles. The van der Waals surface area contributed by atoms with Crippen LogP contribution in [0.2, 0.25) is 0 Å². The van der Waals surface area contributed by atoms with Gasteiger partial charge in [0.15, 0.2) is 0 Å². The van der Waals surface area contributed by atoms with Crippen LogP contribution in [0.25, 0.3) is 0 Å². The maximum Gasteiger partial charge on any atom is 0.0313 e. The first-order valence-electron chi connectivity index (χ1n) is 8.83. The Morgan fingerprint density at radius 2 is 0.821 bits per heavy atom. The molecule has 144 valence electrons. The van der Waals surface area contributed by atoms with Crippen molar-refractivity contribution in [2.75, 3.05) is 5.73 Å². The van der Waals surface area contributed by atoms with Crippen LogP contribution in [0.5, 0.6) is 0 Å². The quantitative estimate of drug-likeness (QED) is 0.323. The summed E-state index contributed by atoms with van der Waals surface area (Å²) in [5.74, 6) is 0. The van der Waals surface area contributed by atoms with Crippen molar-refractivity contribution in [2.45, 2.75) is 13.8 Å². The molecular weight excluding hydrogens is 406 g/mol. The van der Waals surface area contributed by atoms with Crippen LogP contribution in [0.1, 0.15) is 18.6 Å². The highest BCUT2D eigenvalue weighted by atomic mass is 79.9. The van der Waals surface area contributed by atoms with Gasteiger partial charge in [0.05, 0.1) is 0 Å². The first kappa shape index (κ1) is 23.2. The topological polar surface area (TPSA) is 26.0 Å². The lowest BCUT2D eigenvalue weighted by Crippen LogP contribution is -1.85. The molecule has 0 saturated carbocycles. The number of anilines is 1. The van der Waals surface area contributed by atoms with Gasteiger partial charge in [-0.15, -0.1) is 0 Å². The highest BCUT2D eigenvalue weighted by Gasteiger charge is 1.92. The number of halogens is 1. The number of hydrogen-bond acceptors (Lipinski definition) is 1. The van der Waals surface area contributed by atoms with E-state index in [2.05, 4.69) is 76.6 Å². The molecule has 0 aliphatic rings. The molecule has 4 aromatic carbocycles. The second kappa shape index (κ2) is 14.2. The van der Waals surface area contributed by atoms with Gasteiger partial charge in [0.2, 0.25) is 0 Å². The minimum Gasteiger partial charge on any atom is -0.399 e. The minimum absolute atomic E-state index is 0. The standard InChI is InChI=1S/C13H12.C6H5Br.C6H7N.CH4/c1-3-7-12(8-4-1)11-13-9-5-2-6-10-13;2*7-6-4-2-1-3-5-6;/h1-10H,11H2;1-5H;1-5H,7H2;1H4. The Labute approximate surface area is 178 Å². The third kappa shape index (κ3) is 10.3. The van der Waals surface area contributed by atoms with Crippen LogP contribution in [0.15, 0.2) is 126 Å².